The summed E-state index contributed by atoms with van der Waals surface area (Å²) in [5, 5.41) is 21.8. The first-order valence-corrected chi connectivity index (χ1v) is 6.30. The van der Waals surface area contributed by atoms with Gasteiger partial charge in [-0.25, -0.2) is 4.68 Å². The molecule has 1 N–H and O–H groups in total. The second-order valence-corrected chi connectivity index (χ2v) is 5.13. The van der Waals surface area contributed by atoms with Crippen LogP contribution in [0.25, 0.3) is 0 Å². The maximum Gasteiger partial charge on any atom is 0.165 e. The summed E-state index contributed by atoms with van der Waals surface area (Å²) in [4.78, 5) is 2.22. The van der Waals surface area contributed by atoms with Crippen LogP contribution in [0, 0.1) is 0 Å². The third-order valence-corrected chi connectivity index (χ3v) is 3.16. The fourth-order valence-electron chi connectivity index (χ4n) is 2.38. The van der Waals surface area contributed by atoms with Crippen LogP contribution in [-0.4, -0.2) is 48.9 Å². The largest absolute Gasteiger partial charge is 0.389 e. The Bertz CT molecular complexity index is 362. The first-order chi connectivity index (χ1) is 8.11. The van der Waals surface area contributed by atoms with Crippen molar-refractivity contribution in [2.45, 2.75) is 51.8 Å². The molecule has 0 radical (unpaired) electrons. The Hall–Kier alpha value is -1.01. The average molecular weight is 239 g/mol. The van der Waals surface area contributed by atoms with Gasteiger partial charge in [0.25, 0.3) is 0 Å². The van der Waals surface area contributed by atoms with Crippen LogP contribution in [0.3, 0.4) is 0 Å². The maximum atomic E-state index is 10.0. The molecule has 6 nitrogen and oxygen atoms in total. The molecule has 96 valence electrons. The molecule has 0 spiro atoms. The van der Waals surface area contributed by atoms with Gasteiger partial charge in [-0.15, -0.1) is 5.10 Å². The van der Waals surface area contributed by atoms with E-state index < -0.39 is 5.60 Å². The minimum atomic E-state index is -0.568. The van der Waals surface area contributed by atoms with Crippen LogP contribution in [0.1, 0.15) is 38.9 Å². The minimum absolute atomic E-state index is 0.568. The van der Waals surface area contributed by atoms with Crippen molar-refractivity contribution in [2.24, 2.45) is 0 Å². The topological polar surface area (TPSA) is 67.1 Å². The standard InChI is InChI=1S/C11H21N5O/c1-3-6-16-10(12-13-14-16)8-15-7-4-5-11(2,17)9-15/h17H,3-9H2,1-2H3. The van der Waals surface area contributed by atoms with Gasteiger partial charge in [-0.2, -0.15) is 0 Å². The van der Waals surface area contributed by atoms with E-state index in [4.69, 9.17) is 0 Å². The molecule has 1 saturated heterocycles. The van der Waals surface area contributed by atoms with Gasteiger partial charge in [0, 0.05) is 13.1 Å². The lowest BCUT2D eigenvalue weighted by Crippen LogP contribution is -2.45. The summed E-state index contributed by atoms with van der Waals surface area (Å²) in [6, 6.07) is 0. The Morgan fingerprint density at radius 3 is 3.00 bits per heavy atom. The number of nitrogens with zero attached hydrogens (tertiary/aromatic N) is 5. The van der Waals surface area contributed by atoms with Gasteiger partial charge in [0.1, 0.15) is 0 Å². The molecule has 2 rings (SSSR count). The van der Waals surface area contributed by atoms with Crippen LogP contribution >= 0.6 is 0 Å². The van der Waals surface area contributed by atoms with Crippen LogP contribution in [0.5, 0.6) is 0 Å². The van der Waals surface area contributed by atoms with Gasteiger partial charge in [-0.1, -0.05) is 6.92 Å². The highest BCUT2D eigenvalue weighted by Gasteiger charge is 2.29. The molecule has 1 aromatic rings. The van der Waals surface area contributed by atoms with Crippen LogP contribution in [0.15, 0.2) is 0 Å². The Labute approximate surface area is 102 Å². The van der Waals surface area contributed by atoms with E-state index in [0.717, 1.165) is 44.7 Å². The highest BCUT2D eigenvalue weighted by atomic mass is 16.3. The number of aliphatic hydroxyl groups is 1. The molecule has 1 aliphatic heterocycles. The summed E-state index contributed by atoms with van der Waals surface area (Å²) in [6.07, 6.45) is 2.93. The number of tetrazole rings is 1. The summed E-state index contributed by atoms with van der Waals surface area (Å²) < 4.78 is 1.85. The highest BCUT2D eigenvalue weighted by Crippen LogP contribution is 2.21. The molecular formula is C11H21N5O. The second-order valence-electron chi connectivity index (χ2n) is 5.13. The molecule has 0 aliphatic carbocycles. The predicted octanol–water partition coefficient (Wildman–Crippen LogP) is 0.430. The third-order valence-electron chi connectivity index (χ3n) is 3.16. The Morgan fingerprint density at radius 2 is 2.29 bits per heavy atom. The predicted molar refractivity (Wildman–Crippen MR) is 63.2 cm³/mol. The second kappa shape index (κ2) is 5.10. The Morgan fingerprint density at radius 1 is 1.47 bits per heavy atom. The molecule has 6 heteroatoms. The summed E-state index contributed by atoms with van der Waals surface area (Å²) in [6.45, 7) is 7.29. The molecule has 0 saturated carbocycles. The smallest absolute Gasteiger partial charge is 0.165 e. The number of β-amino-alcohol motifs (C(OH)–C–C–N with tert-alkyl or cyclic N) is 1. The number of aromatic nitrogens is 4. The zero-order valence-corrected chi connectivity index (χ0v) is 10.6. The van der Waals surface area contributed by atoms with Crippen molar-refractivity contribution in [1.82, 2.24) is 25.1 Å². The van der Waals surface area contributed by atoms with E-state index in [2.05, 4.69) is 27.3 Å². The van der Waals surface area contributed by atoms with E-state index in [0.29, 0.717) is 6.54 Å². The van der Waals surface area contributed by atoms with E-state index in [1.165, 1.54) is 0 Å². The molecule has 1 fully saturated rings. The van der Waals surface area contributed by atoms with Crippen molar-refractivity contribution in [3.05, 3.63) is 5.82 Å². The fourth-order valence-corrected chi connectivity index (χ4v) is 2.38. The normalized spacial score (nSPS) is 26.3. The van der Waals surface area contributed by atoms with Gasteiger partial charge in [0.05, 0.1) is 12.1 Å². The molecule has 2 heterocycles. The van der Waals surface area contributed by atoms with Gasteiger partial charge in [-0.05, 0) is 43.2 Å². The van der Waals surface area contributed by atoms with E-state index in [1.54, 1.807) is 0 Å². The summed E-state index contributed by atoms with van der Waals surface area (Å²) in [7, 11) is 0. The van der Waals surface area contributed by atoms with Gasteiger partial charge in [0.2, 0.25) is 0 Å². The van der Waals surface area contributed by atoms with Crippen molar-refractivity contribution in [3.8, 4) is 0 Å². The molecule has 1 unspecified atom stereocenters. The van der Waals surface area contributed by atoms with E-state index >= 15 is 0 Å². The molecule has 1 atom stereocenters. The van der Waals surface area contributed by atoms with E-state index in [9.17, 15) is 5.11 Å². The lowest BCUT2D eigenvalue weighted by molar-refractivity contribution is -0.0192. The molecule has 1 aliphatic rings. The van der Waals surface area contributed by atoms with Gasteiger partial charge in [0.15, 0.2) is 5.82 Å². The maximum absolute atomic E-state index is 10.0. The van der Waals surface area contributed by atoms with Crippen LogP contribution in [0.2, 0.25) is 0 Å². The van der Waals surface area contributed by atoms with Crippen molar-refractivity contribution >= 4 is 0 Å². The zero-order chi connectivity index (χ0) is 12.3. The molecule has 17 heavy (non-hydrogen) atoms. The summed E-state index contributed by atoms with van der Waals surface area (Å²) in [5.74, 6) is 0.893. The van der Waals surface area contributed by atoms with E-state index in [-0.39, 0.29) is 0 Å². The van der Waals surface area contributed by atoms with Gasteiger partial charge < -0.3 is 5.11 Å². The Kier molecular flexibility index (Phi) is 3.73. The number of piperidine rings is 1. The minimum Gasteiger partial charge on any atom is -0.389 e. The average Bonchev–Trinajstić information content (AvgIpc) is 2.65. The summed E-state index contributed by atoms with van der Waals surface area (Å²) >= 11 is 0. The van der Waals surface area contributed by atoms with Crippen LogP contribution < -0.4 is 0 Å². The quantitative estimate of drug-likeness (QED) is 0.825. The SMILES string of the molecule is CCCn1nnnc1CN1CCCC(C)(O)C1. The lowest BCUT2D eigenvalue weighted by atomic mass is 9.95. The first-order valence-electron chi connectivity index (χ1n) is 6.30. The molecule has 0 aromatic carbocycles. The third kappa shape index (κ3) is 3.23. The van der Waals surface area contributed by atoms with Crippen LogP contribution in [-0.2, 0) is 13.1 Å². The highest BCUT2D eigenvalue weighted by molar-refractivity contribution is 4.87. The molecule has 0 amide bonds. The summed E-state index contributed by atoms with van der Waals surface area (Å²) in [5.41, 5.74) is -0.568. The number of rotatable bonds is 4. The van der Waals surface area contributed by atoms with Crippen molar-refractivity contribution in [1.29, 1.82) is 0 Å². The number of likely N-dealkylation sites (tertiary alicyclic amines) is 1. The number of hydrogen-bond acceptors (Lipinski definition) is 5. The lowest BCUT2D eigenvalue weighted by Gasteiger charge is -2.36. The Balaban J connectivity index is 1.98. The van der Waals surface area contributed by atoms with Crippen molar-refractivity contribution in [2.75, 3.05) is 13.1 Å². The number of hydrogen-bond donors (Lipinski definition) is 1. The molecule has 0 bridgehead atoms. The molecule has 1 aromatic heterocycles. The van der Waals surface area contributed by atoms with E-state index in [1.807, 2.05) is 11.6 Å². The van der Waals surface area contributed by atoms with Crippen molar-refractivity contribution in [3.63, 3.8) is 0 Å². The van der Waals surface area contributed by atoms with Gasteiger partial charge in [-0.3, -0.25) is 4.90 Å². The monoisotopic (exact) mass is 239 g/mol. The first kappa shape index (κ1) is 12.4. The van der Waals surface area contributed by atoms with Crippen LogP contribution in [0.4, 0.5) is 0 Å². The number of aryl methyl sites for hydroxylation is 1. The fraction of sp³-hybridized carbons (Fsp3) is 0.909. The molecular weight excluding hydrogens is 218 g/mol. The van der Waals surface area contributed by atoms with Crippen molar-refractivity contribution < 1.29 is 5.11 Å². The zero-order valence-electron chi connectivity index (χ0n) is 10.6. The van der Waals surface area contributed by atoms with Gasteiger partial charge >= 0.3 is 0 Å².